The monoisotopic (exact) mass is 248 g/mol. The molecule has 4 N–H and O–H groups in total. The minimum atomic E-state index is -1.18. The van der Waals surface area contributed by atoms with Gasteiger partial charge in [0.05, 0.1) is 12.1 Å². The highest BCUT2D eigenvalue weighted by atomic mass is 16.5. The van der Waals surface area contributed by atoms with Crippen LogP contribution >= 0.6 is 0 Å². The molecular weight excluding hydrogens is 228 g/mol. The van der Waals surface area contributed by atoms with Gasteiger partial charge in [-0.2, -0.15) is 0 Å². The quantitative estimate of drug-likeness (QED) is 0.488. The molecule has 0 heterocycles. The van der Waals surface area contributed by atoms with Gasteiger partial charge < -0.3 is 25.6 Å². The third-order valence-electron chi connectivity index (χ3n) is 1.98. The number of hydrogen-bond donors (Lipinski definition) is 4. The molecule has 100 valence electrons. The first-order chi connectivity index (χ1) is 7.82. The van der Waals surface area contributed by atoms with Gasteiger partial charge in [0.1, 0.15) is 6.04 Å². The van der Waals surface area contributed by atoms with Gasteiger partial charge in [0.15, 0.2) is 0 Å². The summed E-state index contributed by atoms with van der Waals surface area (Å²) in [6.45, 7) is 3.49. The van der Waals surface area contributed by atoms with E-state index in [1.54, 1.807) is 13.8 Å². The SMILES string of the molecule is COCC(C)(C)NC(=O)N[C@@H](CCO)C(=O)O. The van der Waals surface area contributed by atoms with Crippen LogP contribution in [0.5, 0.6) is 0 Å². The van der Waals surface area contributed by atoms with Crippen molar-refractivity contribution in [2.45, 2.75) is 31.8 Å². The van der Waals surface area contributed by atoms with Crippen LogP contribution in [0.15, 0.2) is 0 Å². The van der Waals surface area contributed by atoms with E-state index in [-0.39, 0.29) is 13.0 Å². The summed E-state index contributed by atoms with van der Waals surface area (Å²) in [6, 6.07) is -1.70. The van der Waals surface area contributed by atoms with Gasteiger partial charge in [0, 0.05) is 20.1 Å². The summed E-state index contributed by atoms with van der Waals surface area (Å²) in [6.07, 6.45) is -0.0343. The molecule has 0 radical (unpaired) electrons. The van der Waals surface area contributed by atoms with E-state index < -0.39 is 23.6 Å². The number of amides is 2. The fourth-order valence-electron chi connectivity index (χ4n) is 1.29. The Labute approximate surface area is 100 Å². The Bertz CT molecular complexity index is 267. The molecule has 7 heteroatoms. The maximum Gasteiger partial charge on any atom is 0.326 e. The molecule has 0 aliphatic heterocycles. The van der Waals surface area contributed by atoms with E-state index in [0.717, 1.165) is 0 Å². The van der Waals surface area contributed by atoms with Crippen LogP contribution in [0.1, 0.15) is 20.3 Å². The number of hydrogen-bond acceptors (Lipinski definition) is 4. The van der Waals surface area contributed by atoms with Crippen molar-refractivity contribution < 1.29 is 24.5 Å². The largest absolute Gasteiger partial charge is 0.480 e. The lowest BCUT2D eigenvalue weighted by atomic mass is 10.1. The molecule has 0 bridgehead atoms. The molecule has 0 aliphatic rings. The van der Waals surface area contributed by atoms with Crippen LogP contribution in [-0.2, 0) is 9.53 Å². The van der Waals surface area contributed by atoms with Gasteiger partial charge in [0.2, 0.25) is 0 Å². The summed E-state index contributed by atoms with van der Waals surface area (Å²) < 4.78 is 4.91. The molecule has 0 aliphatic carbocycles. The van der Waals surface area contributed by atoms with Gasteiger partial charge in [0.25, 0.3) is 0 Å². The first-order valence-electron chi connectivity index (χ1n) is 5.23. The number of aliphatic hydroxyl groups excluding tert-OH is 1. The minimum absolute atomic E-state index is 0.0343. The second-order valence-electron chi connectivity index (χ2n) is 4.32. The lowest BCUT2D eigenvalue weighted by Crippen LogP contribution is -2.54. The minimum Gasteiger partial charge on any atom is -0.480 e. The van der Waals surface area contributed by atoms with Crippen LogP contribution < -0.4 is 10.6 Å². The lowest BCUT2D eigenvalue weighted by molar-refractivity contribution is -0.139. The number of carbonyl (C=O) groups is 2. The Morgan fingerprint density at radius 2 is 2.00 bits per heavy atom. The molecule has 0 aromatic carbocycles. The van der Waals surface area contributed by atoms with E-state index in [1.165, 1.54) is 7.11 Å². The van der Waals surface area contributed by atoms with Gasteiger partial charge in [-0.3, -0.25) is 0 Å². The van der Waals surface area contributed by atoms with Crippen molar-refractivity contribution >= 4 is 12.0 Å². The van der Waals surface area contributed by atoms with Gasteiger partial charge >= 0.3 is 12.0 Å². The van der Waals surface area contributed by atoms with Crippen molar-refractivity contribution in [3.8, 4) is 0 Å². The molecule has 2 amide bonds. The summed E-state index contributed by atoms with van der Waals surface area (Å²) in [5, 5.41) is 22.3. The standard InChI is InChI=1S/C10H20N2O5/c1-10(2,6-17-3)12-9(16)11-7(4-5-13)8(14)15/h7,13H,4-6H2,1-3H3,(H,14,15)(H2,11,12,16)/t7-/m0/s1. The van der Waals surface area contributed by atoms with E-state index >= 15 is 0 Å². The molecule has 0 unspecified atom stereocenters. The van der Waals surface area contributed by atoms with E-state index in [4.69, 9.17) is 14.9 Å². The summed E-state index contributed by atoms with van der Waals surface area (Å²) in [5.74, 6) is -1.18. The first-order valence-corrected chi connectivity index (χ1v) is 5.23. The topological polar surface area (TPSA) is 108 Å². The molecule has 0 fully saturated rings. The molecule has 0 saturated carbocycles. The number of nitrogens with one attached hydrogen (secondary N) is 2. The lowest BCUT2D eigenvalue weighted by Gasteiger charge is -2.26. The average Bonchev–Trinajstić information content (AvgIpc) is 2.15. The number of aliphatic carboxylic acids is 1. The van der Waals surface area contributed by atoms with Crippen molar-refractivity contribution in [2.24, 2.45) is 0 Å². The molecule has 0 aromatic rings. The summed E-state index contributed by atoms with van der Waals surface area (Å²) >= 11 is 0. The molecule has 1 atom stereocenters. The zero-order chi connectivity index (χ0) is 13.5. The van der Waals surface area contributed by atoms with E-state index in [0.29, 0.717) is 6.61 Å². The predicted molar refractivity (Wildman–Crippen MR) is 60.7 cm³/mol. The highest BCUT2D eigenvalue weighted by Gasteiger charge is 2.24. The zero-order valence-electron chi connectivity index (χ0n) is 10.3. The van der Waals surface area contributed by atoms with Crippen LogP contribution in [-0.4, -0.2) is 54.1 Å². The maximum absolute atomic E-state index is 11.5. The number of ether oxygens (including phenoxy) is 1. The van der Waals surface area contributed by atoms with E-state index in [1.807, 2.05) is 0 Å². The Balaban J connectivity index is 4.27. The summed E-state index contributed by atoms with van der Waals surface area (Å²) in [7, 11) is 1.51. The molecule has 17 heavy (non-hydrogen) atoms. The van der Waals surface area contributed by atoms with Crippen molar-refractivity contribution in [1.29, 1.82) is 0 Å². The van der Waals surface area contributed by atoms with Gasteiger partial charge in [-0.15, -0.1) is 0 Å². The Morgan fingerprint density at radius 3 is 2.41 bits per heavy atom. The highest BCUT2D eigenvalue weighted by molar-refractivity contribution is 5.82. The van der Waals surface area contributed by atoms with Gasteiger partial charge in [-0.1, -0.05) is 0 Å². The summed E-state index contributed by atoms with van der Waals surface area (Å²) in [5.41, 5.74) is -0.596. The fraction of sp³-hybridized carbons (Fsp3) is 0.800. The third kappa shape index (κ3) is 6.75. The number of urea groups is 1. The number of carboxylic acids is 1. The fourth-order valence-corrected chi connectivity index (χ4v) is 1.29. The average molecular weight is 248 g/mol. The van der Waals surface area contributed by atoms with Crippen LogP contribution in [0.25, 0.3) is 0 Å². The maximum atomic E-state index is 11.5. The number of rotatable bonds is 7. The van der Waals surface area contributed by atoms with Crippen LogP contribution in [0, 0.1) is 0 Å². The third-order valence-corrected chi connectivity index (χ3v) is 1.98. The Morgan fingerprint density at radius 1 is 1.41 bits per heavy atom. The molecule has 0 rings (SSSR count). The number of aliphatic hydroxyl groups is 1. The predicted octanol–water partition coefficient (Wildman–Crippen LogP) is -0.454. The second kappa shape index (κ2) is 7.08. The van der Waals surface area contributed by atoms with Gasteiger partial charge in [-0.05, 0) is 13.8 Å². The van der Waals surface area contributed by atoms with E-state index in [9.17, 15) is 9.59 Å². The normalized spacial score (nSPS) is 12.9. The van der Waals surface area contributed by atoms with Crippen LogP contribution in [0.3, 0.4) is 0 Å². The van der Waals surface area contributed by atoms with Crippen molar-refractivity contribution in [1.82, 2.24) is 10.6 Å². The molecule has 7 nitrogen and oxygen atoms in total. The summed E-state index contributed by atoms with van der Waals surface area (Å²) in [4.78, 5) is 22.2. The first kappa shape index (κ1) is 15.7. The highest BCUT2D eigenvalue weighted by Crippen LogP contribution is 2.02. The van der Waals surface area contributed by atoms with Crippen molar-refractivity contribution in [3.05, 3.63) is 0 Å². The smallest absolute Gasteiger partial charge is 0.326 e. The molecule has 0 aromatic heterocycles. The number of carboxylic acid groups (broad SMARTS) is 1. The Hall–Kier alpha value is -1.34. The van der Waals surface area contributed by atoms with Crippen LogP contribution in [0.2, 0.25) is 0 Å². The number of carbonyl (C=O) groups excluding carboxylic acids is 1. The van der Waals surface area contributed by atoms with Crippen molar-refractivity contribution in [3.63, 3.8) is 0 Å². The molecule has 0 spiro atoms. The molecule has 0 saturated heterocycles. The van der Waals surface area contributed by atoms with Crippen molar-refractivity contribution in [2.75, 3.05) is 20.3 Å². The second-order valence-corrected chi connectivity index (χ2v) is 4.32. The zero-order valence-corrected chi connectivity index (χ0v) is 10.3. The Kier molecular flexibility index (Phi) is 6.52. The molecular formula is C10H20N2O5. The van der Waals surface area contributed by atoms with Crippen LogP contribution in [0.4, 0.5) is 4.79 Å². The number of methoxy groups -OCH3 is 1. The van der Waals surface area contributed by atoms with E-state index in [2.05, 4.69) is 10.6 Å². The van der Waals surface area contributed by atoms with Gasteiger partial charge in [-0.25, -0.2) is 9.59 Å².